The van der Waals surface area contributed by atoms with Gasteiger partial charge in [-0.15, -0.1) is 16.9 Å². The molecule has 6 heteroatoms. The molecule has 0 radical (unpaired) electrons. The molecule has 0 aliphatic rings. The molecule has 140 valence electrons. The minimum Gasteiger partial charge on any atom is -0.322 e. The van der Waals surface area contributed by atoms with Crippen molar-refractivity contribution in [1.82, 2.24) is 15.0 Å². The van der Waals surface area contributed by atoms with E-state index in [2.05, 4.69) is 34.7 Å². The van der Waals surface area contributed by atoms with Gasteiger partial charge >= 0.3 is 0 Å². The maximum absolute atomic E-state index is 12.6. The molecule has 1 N–H and O–H groups in total. The lowest BCUT2D eigenvalue weighted by molar-refractivity contribution is 0.102. The third-order valence-electron chi connectivity index (χ3n) is 4.69. The summed E-state index contributed by atoms with van der Waals surface area (Å²) in [5.41, 5.74) is 5.37. The Labute approximate surface area is 167 Å². The van der Waals surface area contributed by atoms with E-state index in [9.17, 15) is 4.79 Å². The Balaban J connectivity index is 1.57. The van der Waals surface area contributed by atoms with E-state index < -0.39 is 0 Å². The van der Waals surface area contributed by atoms with Crippen molar-refractivity contribution in [1.29, 1.82) is 0 Å². The SMILES string of the molecule is CSc1cccc(NC(=O)c2ccc3c(c2)nnn3Cc2ccccc2C)c1. The molecule has 0 aliphatic carbocycles. The molecule has 0 atom stereocenters. The third kappa shape index (κ3) is 3.77. The lowest BCUT2D eigenvalue weighted by Gasteiger charge is -2.08. The minimum absolute atomic E-state index is 0.159. The average molecular weight is 388 g/mol. The fourth-order valence-electron chi connectivity index (χ4n) is 3.08. The number of anilines is 1. The van der Waals surface area contributed by atoms with E-state index in [4.69, 9.17) is 0 Å². The summed E-state index contributed by atoms with van der Waals surface area (Å²) in [7, 11) is 0. The number of nitrogens with zero attached hydrogens (tertiary/aromatic N) is 3. The minimum atomic E-state index is -0.159. The molecule has 0 spiro atoms. The van der Waals surface area contributed by atoms with Crippen molar-refractivity contribution < 1.29 is 4.79 Å². The van der Waals surface area contributed by atoms with Crippen molar-refractivity contribution in [2.75, 3.05) is 11.6 Å². The topological polar surface area (TPSA) is 59.8 Å². The molecule has 3 aromatic carbocycles. The second-order valence-corrected chi connectivity index (χ2v) is 7.44. The van der Waals surface area contributed by atoms with Gasteiger partial charge in [-0.2, -0.15) is 0 Å². The second-order valence-electron chi connectivity index (χ2n) is 6.56. The van der Waals surface area contributed by atoms with Crippen LogP contribution in [0, 0.1) is 6.92 Å². The zero-order valence-electron chi connectivity index (χ0n) is 15.7. The van der Waals surface area contributed by atoms with Crippen molar-refractivity contribution in [3.05, 3.63) is 83.4 Å². The summed E-state index contributed by atoms with van der Waals surface area (Å²) in [6.45, 7) is 2.74. The summed E-state index contributed by atoms with van der Waals surface area (Å²) in [6.07, 6.45) is 2.01. The molecule has 1 heterocycles. The Hall–Kier alpha value is -3.12. The van der Waals surface area contributed by atoms with Crippen LogP contribution in [0.1, 0.15) is 21.5 Å². The molecular weight excluding hydrogens is 368 g/mol. The summed E-state index contributed by atoms with van der Waals surface area (Å²) in [4.78, 5) is 13.7. The van der Waals surface area contributed by atoms with Crippen LogP contribution in [0.15, 0.2) is 71.6 Å². The van der Waals surface area contributed by atoms with Crippen molar-refractivity contribution in [3.63, 3.8) is 0 Å². The van der Waals surface area contributed by atoms with Gasteiger partial charge in [0.05, 0.1) is 12.1 Å². The van der Waals surface area contributed by atoms with E-state index in [1.54, 1.807) is 17.8 Å². The van der Waals surface area contributed by atoms with Gasteiger partial charge in [0.2, 0.25) is 0 Å². The number of aryl methyl sites for hydroxylation is 1. The number of nitrogens with one attached hydrogen (secondary N) is 1. The van der Waals surface area contributed by atoms with Crippen molar-refractivity contribution in [2.24, 2.45) is 0 Å². The molecule has 28 heavy (non-hydrogen) atoms. The Bertz CT molecular complexity index is 1150. The Morgan fingerprint density at radius 3 is 2.75 bits per heavy atom. The predicted octanol–water partition coefficient (Wildman–Crippen LogP) is 4.76. The summed E-state index contributed by atoms with van der Waals surface area (Å²) in [5.74, 6) is -0.159. The van der Waals surface area contributed by atoms with E-state index in [1.807, 2.05) is 59.5 Å². The number of hydrogen-bond donors (Lipinski definition) is 1. The van der Waals surface area contributed by atoms with E-state index >= 15 is 0 Å². The highest BCUT2D eigenvalue weighted by Crippen LogP contribution is 2.21. The maximum Gasteiger partial charge on any atom is 0.255 e. The van der Waals surface area contributed by atoms with E-state index in [0.29, 0.717) is 17.6 Å². The van der Waals surface area contributed by atoms with Crippen LogP contribution >= 0.6 is 11.8 Å². The van der Waals surface area contributed by atoms with Gasteiger partial charge in [0.25, 0.3) is 5.91 Å². The molecule has 4 aromatic rings. The van der Waals surface area contributed by atoms with Crippen molar-refractivity contribution in [3.8, 4) is 0 Å². The average Bonchev–Trinajstić information content (AvgIpc) is 3.12. The Morgan fingerprint density at radius 1 is 1.07 bits per heavy atom. The molecule has 0 unspecified atom stereocenters. The number of benzene rings is 3. The van der Waals surface area contributed by atoms with Crippen LogP contribution in [-0.4, -0.2) is 27.2 Å². The number of carbonyl (C=O) groups excluding carboxylic acids is 1. The number of hydrogen-bond acceptors (Lipinski definition) is 4. The molecule has 0 fully saturated rings. The summed E-state index contributed by atoms with van der Waals surface area (Å²) < 4.78 is 1.86. The highest BCUT2D eigenvalue weighted by Gasteiger charge is 2.11. The van der Waals surface area contributed by atoms with E-state index in [-0.39, 0.29) is 5.91 Å². The molecule has 0 aliphatic heterocycles. The molecule has 4 rings (SSSR count). The molecule has 5 nitrogen and oxygen atoms in total. The summed E-state index contributed by atoms with van der Waals surface area (Å²) in [6, 6.07) is 21.5. The van der Waals surface area contributed by atoms with Crippen molar-refractivity contribution in [2.45, 2.75) is 18.4 Å². The number of thioether (sulfide) groups is 1. The van der Waals surface area contributed by atoms with Crippen LogP contribution in [0.3, 0.4) is 0 Å². The zero-order chi connectivity index (χ0) is 19.5. The van der Waals surface area contributed by atoms with Gasteiger partial charge < -0.3 is 5.32 Å². The monoisotopic (exact) mass is 388 g/mol. The number of fused-ring (bicyclic) bond motifs is 1. The molecule has 0 saturated heterocycles. The van der Waals surface area contributed by atoms with Crippen LogP contribution in [-0.2, 0) is 6.54 Å². The maximum atomic E-state index is 12.6. The van der Waals surface area contributed by atoms with Crippen LogP contribution in [0.5, 0.6) is 0 Å². The summed E-state index contributed by atoms with van der Waals surface area (Å²) in [5, 5.41) is 11.5. The number of aromatic nitrogens is 3. The molecule has 1 aromatic heterocycles. The summed E-state index contributed by atoms with van der Waals surface area (Å²) >= 11 is 1.64. The largest absolute Gasteiger partial charge is 0.322 e. The van der Waals surface area contributed by atoms with E-state index in [1.165, 1.54) is 11.1 Å². The highest BCUT2D eigenvalue weighted by molar-refractivity contribution is 7.98. The highest BCUT2D eigenvalue weighted by atomic mass is 32.2. The van der Waals surface area contributed by atoms with Gasteiger partial charge in [0, 0.05) is 16.1 Å². The van der Waals surface area contributed by atoms with E-state index in [0.717, 1.165) is 16.1 Å². The van der Waals surface area contributed by atoms with Crippen LogP contribution in [0.4, 0.5) is 5.69 Å². The van der Waals surface area contributed by atoms with Crippen LogP contribution < -0.4 is 5.32 Å². The quantitative estimate of drug-likeness (QED) is 0.501. The zero-order valence-corrected chi connectivity index (χ0v) is 16.5. The molecule has 0 bridgehead atoms. The van der Waals surface area contributed by atoms with Gasteiger partial charge in [0.15, 0.2) is 0 Å². The lowest BCUT2D eigenvalue weighted by Crippen LogP contribution is -2.11. The fourth-order valence-corrected chi connectivity index (χ4v) is 3.54. The van der Waals surface area contributed by atoms with Gasteiger partial charge in [0.1, 0.15) is 5.52 Å². The molecular formula is C22H20N4OS. The van der Waals surface area contributed by atoms with Gasteiger partial charge in [-0.05, 0) is 60.7 Å². The number of carbonyl (C=O) groups is 1. The first kappa shape index (κ1) is 18.3. The first-order valence-corrected chi connectivity index (χ1v) is 10.2. The smallest absolute Gasteiger partial charge is 0.255 e. The number of amides is 1. The standard InChI is InChI=1S/C22H20N4OS/c1-15-6-3-4-7-17(15)14-26-21-11-10-16(12-20(21)24-25-26)22(27)23-18-8-5-9-19(13-18)28-2/h3-13H,14H2,1-2H3,(H,23,27). The first-order chi connectivity index (χ1) is 13.6. The van der Waals surface area contributed by atoms with Gasteiger partial charge in [-0.3, -0.25) is 4.79 Å². The Kier molecular flexibility index (Phi) is 5.12. The Morgan fingerprint density at radius 2 is 1.93 bits per heavy atom. The van der Waals surface area contributed by atoms with Crippen LogP contribution in [0.2, 0.25) is 0 Å². The second kappa shape index (κ2) is 7.86. The fraction of sp³-hybridized carbons (Fsp3) is 0.136. The normalized spacial score (nSPS) is 10.9. The third-order valence-corrected chi connectivity index (χ3v) is 5.41. The lowest BCUT2D eigenvalue weighted by atomic mass is 10.1. The van der Waals surface area contributed by atoms with Crippen LogP contribution in [0.25, 0.3) is 11.0 Å². The molecule has 0 saturated carbocycles. The van der Waals surface area contributed by atoms with Crippen molar-refractivity contribution >= 4 is 34.4 Å². The molecule has 1 amide bonds. The first-order valence-electron chi connectivity index (χ1n) is 8.97. The van der Waals surface area contributed by atoms with Gasteiger partial charge in [-0.1, -0.05) is 35.5 Å². The predicted molar refractivity (Wildman–Crippen MR) is 114 cm³/mol. The van der Waals surface area contributed by atoms with Gasteiger partial charge in [-0.25, -0.2) is 4.68 Å². The number of rotatable bonds is 5.